The molecule has 0 bridgehead atoms. The number of nitrogens with zero attached hydrogens (tertiary/aromatic N) is 2. The molecule has 2 aromatic rings. The number of anilines is 1. The summed E-state index contributed by atoms with van der Waals surface area (Å²) in [5, 5.41) is 8.65. The van der Waals surface area contributed by atoms with E-state index in [0.717, 1.165) is 40.4 Å². The van der Waals surface area contributed by atoms with Crippen LogP contribution in [0.3, 0.4) is 0 Å². The summed E-state index contributed by atoms with van der Waals surface area (Å²) in [7, 11) is 0. The van der Waals surface area contributed by atoms with Gasteiger partial charge in [0.15, 0.2) is 0 Å². The summed E-state index contributed by atoms with van der Waals surface area (Å²) in [4.78, 5) is 0. The number of hydrogen-bond acceptors (Lipinski definition) is 2. The molecule has 3 nitrogen and oxygen atoms in total. The van der Waals surface area contributed by atoms with Crippen LogP contribution in [0.4, 0.5) is 5.69 Å². The molecule has 0 fully saturated rings. The summed E-state index contributed by atoms with van der Waals surface area (Å²) in [5.74, 6) is 0. The number of aromatic nitrogens is 2. The summed E-state index contributed by atoms with van der Waals surface area (Å²) in [6, 6.07) is 7.87. The van der Waals surface area contributed by atoms with Gasteiger partial charge in [-0.2, -0.15) is 5.10 Å². The van der Waals surface area contributed by atoms with Crippen molar-refractivity contribution in [2.24, 2.45) is 0 Å². The van der Waals surface area contributed by atoms with E-state index in [1.807, 2.05) is 22.9 Å². The number of halogens is 2. The molecule has 19 heavy (non-hydrogen) atoms. The van der Waals surface area contributed by atoms with Crippen molar-refractivity contribution >= 4 is 33.2 Å². The third-order valence-corrected chi connectivity index (χ3v) is 3.89. The molecular formula is C14H17BrClN3. The highest BCUT2D eigenvalue weighted by Crippen LogP contribution is 2.26. The Morgan fingerprint density at radius 2 is 2.11 bits per heavy atom. The van der Waals surface area contributed by atoms with E-state index in [-0.39, 0.29) is 0 Å². The van der Waals surface area contributed by atoms with Crippen molar-refractivity contribution in [3.63, 3.8) is 0 Å². The van der Waals surface area contributed by atoms with Gasteiger partial charge in [0, 0.05) is 16.0 Å². The van der Waals surface area contributed by atoms with Crippen molar-refractivity contribution in [3.8, 4) is 0 Å². The lowest BCUT2D eigenvalue weighted by Gasteiger charge is -2.10. The fourth-order valence-electron chi connectivity index (χ4n) is 1.92. The Hall–Kier alpha value is -1.00. The fraction of sp³-hybridized carbons (Fsp3) is 0.357. The van der Waals surface area contributed by atoms with E-state index in [0.29, 0.717) is 0 Å². The van der Waals surface area contributed by atoms with Gasteiger partial charge in [0.2, 0.25) is 0 Å². The lowest BCUT2D eigenvalue weighted by atomic mass is 10.3. The van der Waals surface area contributed by atoms with Crippen LogP contribution < -0.4 is 5.32 Å². The van der Waals surface area contributed by atoms with E-state index in [4.69, 9.17) is 11.6 Å². The summed E-state index contributed by atoms with van der Waals surface area (Å²) < 4.78 is 3.04. The lowest BCUT2D eigenvalue weighted by molar-refractivity contribution is 0.619. The maximum absolute atomic E-state index is 6.01. The molecule has 1 aromatic carbocycles. The van der Waals surface area contributed by atoms with Gasteiger partial charge in [-0.3, -0.25) is 4.68 Å². The van der Waals surface area contributed by atoms with Crippen LogP contribution in [-0.4, -0.2) is 9.78 Å². The van der Waals surface area contributed by atoms with Gasteiger partial charge in [-0.15, -0.1) is 0 Å². The number of benzene rings is 1. The van der Waals surface area contributed by atoms with Crippen LogP contribution in [0.1, 0.15) is 25.2 Å². The minimum atomic E-state index is 0.726. The highest BCUT2D eigenvalue weighted by molar-refractivity contribution is 9.10. The Morgan fingerprint density at radius 1 is 1.32 bits per heavy atom. The molecule has 5 heteroatoms. The molecule has 0 aliphatic rings. The molecule has 0 aliphatic heterocycles. The van der Waals surface area contributed by atoms with E-state index < -0.39 is 0 Å². The smallest absolute Gasteiger partial charge is 0.0625 e. The van der Waals surface area contributed by atoms with E-state index in [1.54, 1.807) is 0 Å². The van der Waals surface area contributed by atoms with E-state index in [1.165, 1.54) is 5.69 Å². The van der Waals surface area contributed by atoms with Crippen LogP contribution in [0.15, 0.2) is 28.7 Å². The second-order valence-electron chi connectivity index (χ2n) is 4.27. The first-order chi connectivity index (χ1) is 9.13. The first-order valence-corrected chi connectivity index (χ1v) is 7.55. The first kappa shape index (κ1) is 14.4. The van der Waals surface area contributed by atoms with Crippen molar-refractivity contribution in [2.75, 3.05) is 5.32 Å². The van der Waals surface area contributed by atoms with Crippen molar-refractivity contribution in [1.82, 2.24) is 9.78 Å². The van der Waals surface area contributed by atoms with Gasteiger partial charge in [-0.1, -0.05) is 18.5 Å². The third kappa shape index (κ3) is 3.51. The zero-order valence-electron chi connectivity index (χ0n) is 11.1. The molecule has 0 saturated heterocycles. The van der Waals surface area contributed by atoms with Crippen molar-refractivity contribution < 1.29 is 0 Å². The molecule has 0 saturated carbocycles. The highest BCUT2D eigenvalue weighted by Gasteiger charge is 2.06. The van der Waals surface area contributed by atoms with E-state index in [2.05, 4.69) is 46.3 Å². The van der Waals surface area contributed by atoms with Gasteiger partial charge in [-0.25, -0.2) is 0 Å². The monoisotopic (exact) mass is 341 g/mol. The predicted molar refractivity (Wildman–Crippen MR) is 83.8 cm³/mol. The SMILES string of the molecule is CCc1cc(CNc2cc(Cl)ccc2Br)n(CC)n1. The van der Waals surface area contributed by atoms with E-state index >= 15 is 0 Å². The van der Waals surface area contributed by atoms with E-state index in [9.17, 15) is 0 Å². The average molecular weight is 343 g/mol. The number of hydrogen-bond donors (Lipinski definition) is 1. The van der Waals surface area contributed by atoms with Gasteiger partial charge in [0.1, 0.15) is 0 Å². The molecule has 1 N–H and O–H groups in total. The van der Waals surface area contributed by atoms with Crippen LogP contribution in [0.25, 0.3) is 0 Å². The van der Waals surface area contributed by atoms with Gasteiger partial charge < -0.3 is 5.32 Å². The predicted octanol–water partition coefficient (Wildman–Crippen LogP) is 4.49. The van der Waals surface area contributed by atoms with Crippen molar-refractivity contribution in [3.05, 3.63) is 45.1 Å². The Kier molecular flexibility index (Phi) is 4.88. The van der Waals surface area contributed by atoms with Gasteiger partial charge in [0.05, 0.1) is 23.6 Å². The molecule has 2 rings (SSSR count). The second-order valence-corrected chi connectivity index (χ2v) is 5.56. The minimum Gasteiger partial charge on any atom is -0.378 e. The summed E-state index contributed by atoms with van der Waals surface area (Å²) >= 11 is 9.52. The average Bonchev–Trinajstić information content (AvgIpc) is 2.82. The largest absolute Gasteiger partial charge is 0.378 e. The molecule has 0 amide bonds. The van der Waals surface area contributed by atoms with Crippen LogP contribution in [0.2, 0.25) is 5.02 Å². The highest BCUT2D eigenvalue weighted by atomic mass is 79.9. The van der Waals surface area contributed by atoms with Crippen LogP contribution in [0, 0.1) is 0 Å². The van der Waals surface area contributed by atoms with Crippen LogP contribution >= 0.6 is 27.5 Å². The van der Waals surface area contributed by atoms with Gasteiger partial charge in [-0.05, 0) is 53.5 Å². The number of aryl methyl sites for hydroxylation is 2. The maximum Gasteiger partial charge on any atom is 0.0625 e. The molecule has 0 radical (unpaired) electrons. The molecule has 0 atom stereocenters. The molecule has 1 heterocycles. The normalized spacial score (nSPS) is 10.7. The quantitative estimate of drug-likeness (QED) is 0.867. The van der Waals surface area contributed by atoms with Crippen LogP contribution in [0.5, 0.6) is 0 Å². The fourth-order valence-corrected chi connectivity index (χ4v) is 2.48. The third-order valence-electron chi connectivity index (χ3n) is 2.96. The Bertz CT molecular complexity index is 566. The summed E-state index contributed by atoms with van der Waals surface area (Å²) in [6.07, 6.45) is 0.959. The van der Waals surface area contributed by atoms with Gasteiger partial charge >= 0.3 is 0 Å². The Morgan fingerprint density at radius 3 is 2.79 bits per heavy atom. The molecular weight excluding hydrogens is 326 g/mol. The molecule has 102 valence electrons. The summed E-state index contributed by atoms with van der Waals surface area (Å²) in [5.41, 5.74) is 3.31. The molecule has 1 aromatic heterocycles. The number of nitrogens with one attached hydrogen (secondary N) is 1. The van der Waals surface area contributed by atoms with Crippen LogP contribution in [-0.2, 0) is 19.5 Å². The number of rotatable bonds is 5. The zero-order chi connectivity index (χ0) is 13.8. The van der Waals surface area contributed by atoms with Crippen molar-refractivity contribution in [1.29, 1.82) is 0 Å². The zero-order valence-corrected chi connectivity index (χ0v) is 13.4. The topological polar surface area (TPSA) is 29.9 Å². The molecule has 0 unspecified atom stereocenters. The maximum atomic E-state index is 6.01. The minimum absolute atomic E-state index is 0.726. The second kappa shape index (κ2) is 6.44. The first-order valence-electron chi connectivity index (χ1n) is 6.38. The molecule has 0 spiro atoms. The Balaban J connectivity index is 2.13. The molecule has 0 aliphatic carbocycles. The van der Waals surface area contributed by atoms with Gasteiger partial charge in [0.25, 0.3) is 0 Å². The Labute approximate surface area is 127 Å². The summed E-state index contributed by atoms with van der Waals surface area (Å²) in [6.45, 7) is 5.84. The lowest BCUT2D eigenvalue weighted by Crippen LogP contribution is -2.08. The standard InChI is InChI=1S/C14H17BrClN3/c1-3-11-8-12(19(4-2)18-11)9-17-14-7-10(16)5-6-13(14)15/h5-8,17H,3-4,9H2,1-2H3. The van der Waals surface area contributed by atoms with Crippen molar-refractivity contribution in [2.45, 2.75) is 33.4 Å².